The number of pyridine rings is 1. The van der Waals surface area contributed by atoms with Crippen LogP contribution in [0.25, 0.3) is 0 Å². The molecule has 7 heteroatoms. The van der Waals surface area contributed by atoms with Crippen molar-refractivity contribution in [1.82, 2.24) is 9.88 Å². The maximum absolute atomic E-state index is 13.3. The normalized spacial score (nSPS) is 14.2. The van der Waals surface area contributed by atoms with Crippen molar-refractivity contribution in [2.45, 2.75) is 43.8 Å². The van der Waals surface area contributed by atoms with Gasteiger partial charge >= 0.3 is 0 Å². The van der Waals surface area contributed by atoms with E-state index in [2.05, 4.69) is 16.8 Å². The van der Waals surface area contributed by atoms with Crippen molar-refractivity contribution in [3.05, 3.63) is 89.2 Å². The molecule has 3 aromatic rings. The lowest BCUT2D eigenvalue weighted by molar-refractivity contribution is 0.0746. The summed E-state index contributed by atoms with van der Waals surface area (Å²) in [5.41, 5.74) is 4.31. The van der Waals surface area contributed by atoms with E-state index in [1.807, 2.05) is 48.2 Å². The molecule has 2 aromatic carbocycles. The van der Waals surface area contributed by atoms with Crippen LogP contribution in [0.5, 0.6) is 0 Å². The van der Waals surface area contributed by atoms with Crippen LogP contribution >= 0.6 is 0 Å². The Kier molecular flexibility index (Phi) is 7.86. The Morgan fingerprint density at radius 2 is 1.57 bits per heavy atom. The first-order chi connectivity index (χ1) is 16.9. The fraction of sp³-hybridized carbons (Fsp3) is 0.357. The van der Waals surface area contributed by atoms with Gasteiger partial charge in [0.1, 0.15) is 0 Å². The Morgan fingerprint density at radius 1 is 0.914 bits per heavy atom. The second-order valence-electron chi connectivity index (χ2n) is 9.14. The summed E-state index contributed by atoms with van der Waals surface area (Å²) in [6.07, 6.45) is 6.79. The van der Waals surface area contributed by atoms with Crippen molar-refractivity contribution >= 4 is 21.4 Å². The molecule has 2 heterocycles. The average molecular weight is 492 g/mol. The van der Waals surface area contributed by atoms with E-state index in [-0.39, 0.29) is 16.6 Å². The molecular formula is C28H33N3O3S. The maximum atomic E-state index is 13.3. The van der Waals surface area contributed by atoms with Crippen LogP contribution in [-0.4, -0.2) is 50.4 Å². The van der Waals surface area contributed by atoms with Crippen LogP contribution in [0, 0.1) is 6.92 Å². The number of sulfone groups is 1. The van der Waals surface area contributed by atoms with Gasteiger partial charge in [0.05, 0.1) is 10.6 Å². The summed E-state index contributed by atoms with van der Waals surface area (Å²) in [5.74, 6) is -0.197. The standard InChI is InChI=1S/C28H33N3O3S/c1-3-4-5-23-7-9-24(10-8-23)21-35(33,34)26-11-6-22(2)27(20-26)28(32)31-18-16-30(17-19-31)25-12-14-29-15-13-25/h6-15,20H,3-5,16-19,21H2,1-2H3. The number of piperazine rings is 1. The number of carbonyl (C=O) groups excluding carboxylic acids is 1. The lowest BCUT2D eigenvalue weighted by Crippen LogP contribution is -2.49. The molecule has 1 aromatic heterocycles. The van der Waals surface area contributed by atoms with Gasteiger partial charge in [0.25, 0.3) is 5.91 Å². The fourth-order valence-electron chi connectivity index (χ4n) is 4.40. The number of aryl methyl sites for hydroxylation is 2. The summed E-state index contributed by atoms with van der Waals surface area (Å²) in [4.78, 5) is 21.6. The molecule has 1 aliphatic heterocycles. The number of nitrogens with zero attached hydrogens (tertiary/aromatic N) is 3. The SMILES string of the molecule is CCCCc1ccc(CS(=O)(=O)c2ccc(C)c(C(=O)N3CCN(c4ccncc4)CC3)c2)cc1. The van der Waals surface area contributed by atoms with Crippen LogP contribution in [0.15, 0.2) is 71.9 Å². The molecule has 0 saturated carbocycles. The van der Waals surface area contributed by atoms with E-state index < -0.39 is 9.84 Å². The second-order valence-corrected chi connectivity index (χ2v) is 11.1. The first kappa shape index (κ1) is 24.9. The topological polar surface area (TPSA) is 70.6 Å². The van der Waals surface area contributed by atoms with Crippen molar-refractivity contribution in [3.8, 4) is 0 Å². The average Bonchev–Trinajstić information content (AvgIpc) is 2.88. The Morgan fingerprint density at radius 3 is 2.23 bits per heavy atom. The first-order valence-electron chi connectivity index (χ1n) is 12.2. The zero-order chi connectivity index (χ0) is 24.8. The highest BCUT2D eigenvalue weighted by Crippen LogP contribution is 2.23. The van der Waals surface area contributed by atoms with E-state index in [4.69, 9.17) is 0 Å². The van der Waals surface area contributed by atoms with Gasteiger partial charge in [-0.1, -0.05) is 43.7 Å². The molecule has 0 spiro atoms. The number of hydrogen-bond acceptors (Lipinski definition) is 5. The second kappa shape index (κ2) is 11.0. The van der Waals surface area contributed by atoms with Crippen LogP contribution in [-0.2, 0) is 22.0 Å². The zero-order valence-electron chi connectivity index (χ0n) is 20.5. The molecule has 1 fully saturated rings. The number of carbonyl (C=O) groups is 1. The van der Waals surface area contributed by atoms with Crippen LogP contribution in [0.1, 0.15) is 46.8 Å². The molecule has 0 unspecified atom stereocenters. The molecule has 1 amide bonds. The van der Waals surface area contributed by atoms with E-state index in [9.17, 15) is 13.2 Å². The Hall–Kier alpha value is -3.19. The van der Waals surface area contributed by atoms with E-state index in [0.29, 0.717) is 18.7 Å². The van der Waals surface area contributed by atoms with E-state index in [1.165, 1.54) is 5.56 Å². The predicted molar refractivity (Wildman–Crippen MR) is 139 cm³/mol. The van der Waals surface area contributed by atoms with Gasteiger partial charge in [0.15, 0.2) is 9.84 Å². The monoisotopic (exact) mass is 491 g/mol. The summed E-state index contributed by atoms with van der Waals surface area (Å²) in [6, 6.07) is 16.6. The van der Waals surface area contributed by atoms with Gasteiger partial charge in [-0.15, -0.1) is 0 Å². The Labute approximate surface area is 208 Å². The molecule has 4 rings (SSSR count). The highest BCUT2D eigenvalue weighted by molar-refractivity contribution is 7.90. The molecule has 35 heavy (non-hydrogen) atoms. The molecular weight excluding hydrogens is 458 g/mol. The van der Waals surface area contributed by atoms with Gasteiger partial charge in [0.2, 0.25) is 0 Å². The number of unbranched alkanes of at least 4 members (excludes halogenated alkanes) is 1. The number of hydrogen-bond donors (Lipinski definition) is 0. The van der Waals surface area contributed by atoms with Crippen LogP contribution in [0.4, 0.5) is 5.69 Å². The third-order valence-corrected chi connectivity index (χ3v) is 8.28. The van der Waals surface area contributed by atoms with Crippen molar-refractivity contribution < 1.29 is 13.2 Å². The molecule has 1 saturated heterocycles. The van der Waals surface area contributed by atoms with Gasteiger partial charge in [0, 0.05) is 49.8 Å². The van der Waals surface area contributed by atoms with E-state index in [0.717, 1.165) is 49.2 Å². The molecule has 0 radical (unpaired) electrons. The number of amides is 1. The van der Waals surface area contributed by atoms with Gasteiger partial charge < -0.3 is 9.80 Å². The quantitative estimate of drug-likeness (QED) is 0.458. The molecule has 0 aliphatic carbocycles. The lowest BCUT2D eigenvalue weighted by Gasteiger charge is -2.36. The number of anilines is 1. The van der Waals surface area contributed by atoms with Crippen molar-refractivity contribution in [2.24, 2.45) is 0 Å². The highest BCUT2D eigenvalue weighted by Gasteiger charge is 2.25. The summed E-state index contributed by atoms with van der Waals surface area (Å²) in [7, 11) is -3.58. The molecule has 0 bridgehead atoms. The van der Waals surface area contributed by atoms with Crippen molar-refractivity contribution in [3.63, 3.8) is 0 Å². The molecule has 6 nitrogen and oxygen atoms in total. The lowest BCUT2D eigenvalue weighted by atomic mass is 10.1. The number of rotatable bonds is 8. The summed E-state index contributed by atoms with van der Waals surface area (Å²) in [6.45, 7) is 6.63. The largest absolute Gasteiger partial charge is 0.368 e. The molecule has 184 valence electrons. The highest BCUT2D eigenvalue weighted by atomic mass is 32.2. The van der Waals surface area contributed by atoms with E-state index >= 15 is 0 Å². The first-order valence-corrected chi connectivity index (χ1v) is 13.9. The number of aromatic nitrogens is 1. The van der Waals surface area contributed by atoms with Crippen molar-refractivity contribution in [2.75, 3.05) is 31.1 Å². The van der Waals surface area contributed by atoms with Crippen molar-refractivity contribution in [1.29, 1.82) is 0 Å². The zero-order valence-corrected chi connectivity index (χ0v) is 21.3. The Bertz CT molecular complexity index is 1250. The van der Waals surface area contributed by atoms with Crippen LogP contribution < -0.4 is 4.90 Å². The van der Waals surface area contributed by atoms with Crippen LogP contribution in [0.3, 0.4) is 0 Å². The molecule has 0 atom stereocenters. The Balaban J connectivity index is 1.45. The minimum Gasteiger partial charge on any atom is -0.368 e. The summed E-state index contributed by atoms with van der Waals surface area (Å²) < 4.78 is 26.4. The predicted octanol–water partition coefficient (Wildman–Crippen LogP) is 4.67. The third kappa shape index (κ3) is 6.09. The molecule has 0 N–H and O–H groups in total. The summed E-state index contributed by atoms with van der Waals surface area (Å²) in [5, 5.41) is 0. The fourth-order valence-corrected chi connectivity index (χ4v) is 5.77. The summed E-state index contributed by atoms with van der Waals surface area (Å²) >= 11 is 0. The number of benzene rings is 2. The minimum atomic E-state index is -3.58. The molecule has 1 aliphatic rings. The van der Waals surface area contributed by atoms with E-state index in [1.54, 1.807) is 30.6 Å². The third-order valence-electron chi connectivity index (χ3n) is 6.59. The van der Waals surface area contributed by atoms with Gasteiger partial charge in [-0.05, 0) is 60.7 Å². The maximum Gasteiger partial charge on any atom is 0.254 e. The smallest absolute Gasteiger partial charge is 0.254 e. The van der Waals surface area contributed by atoms with Gasteiger partial charge in [-0.2, -0.15) is 0 Å². The van der Waals surface area contributed by atoms with Gasteiger partial charge in [-0.25, -0.2) is 8.42 Å². The van der Waals surface area contributed by atoms with Gasteiger partial charge in [-0.3, -0.25) is 9.78 Å². The van der Waals surface area contributed by atoms with Crippen LogP contribution in [0.2, 0.25) is 0 Å². The minimum absolute atomic E-state index is 0.0810.